The van der Waals surface area contributed by atoms with Gasteiger partial charge >= 0.3 is 0 Å². The van der Waals surface area contributed by atoms with Gasteiger partial charge in [-0.15, -0.1) is 0 Å². The molecule has 0 spiro atoms. The molecule has 7 nitrogen and oxygen atoms in total. The Bertz CT molecular complexity index is 1100. The minimum Gasteiger partial charge on any atom is -0.490 e. The molecule has 0 saturated carbocycles. The highest BCUT2D eigenvalue weighted by Gasteiger charge is 2.13. The van der Waals surface area contributed by atoms with E-state index >= 15 is 0 Å². The Hall–Kier alpha value is -3.58. The van der Waals surface area contributed by atoms with Crippen LogP contribution in [0.25, 0.3) is 0 Å². The number of hydrogen-bond donors (Lipinski definition) is 0. The summed E-state index contributed by atoms with van der Waals surface area (Å²) >= 11 is 6.45. The van der Waals surface area contributed by atoms with Crippen LogP contribution in [0.4, 0.5) is 5.69 Å². The molecule has 0 atom stereocenters. The van der Waals surface area contributed by atoms with Gasteiger partial charge < -0.3 is 14.3 Å². The summed E-state index contributed by atoms with van der Waals surface area (Å²) in [6.45, 7) is 4.81. The third-order valence-corrected chi connectivity index (χ3v) is 4.75. The summed E-state index contributed by atoms with van der Waals surface area (Å²) in [5.74, 6) is 0.969. The van der Waals surface area contributed by atoms with Gasteiger partial charge in [-0.3, -0.25) is 10.1 Å². The molecule has 0 aliphatic heterocycles. The largest absolute Gasteiger partial charge is 0.490 e. The van der Waals surface area contributed by atoms with Crippen LogP contribution in [0.5, 0.6) is 11.5 Å². The molecule has 0 N–H and O–H groups in total. The second-order valence-corrected chi connectivity index (χ2v) is 7.38. The molecule has 0 unspecified atom stereocenters. The number of halogens is 1. The molecule has 0 radical (unpaired) electrons. The first-order valence-electron chi connectivity index (χ1n) is 9.99. The van der Waals surface area contributed by atoms with E-state index in [1.807, 2.05) is 38.1 Å². The summed E-state index contributed by atoms with van der Waals surface area (Å²) in [5, 5.41) is 15.2. The highest BCUT2D eigenvalue weighted by Crippen LogP contribution is 2.37. The van der Waals surface area contributed by atoms with Crippen LogP contribution in [0.15, 0.2) is 65.8 Å². The SMILES string of the molecule is CCOc1cc(/C=N\OCc2cccc([N+](=O)[O-])c2)cc(Cl)c1OCc1ccc(C)cc1. The van der Waals surface area contributed by atoms with Gasteiger partial charge in [0.05, 0.1) is 22.8 Å². The van der Waals surface area contributed by atoms with Crippen LogP contribution >= 0.6 is 11.6 Å². The van der Waals surface area contributed by atoms with Gasteiger partial charge in [0.1, 0.15) is 13.2 Å². The van der Waals surface area contributed by atoms with Crippen molar-refractivity contribution in [3.05, 3.63) is 98.1 Å². The van der Waals surface area contributed by atoms with Gasteiger partial charge in [0, 0.05) is 17.7 Å². The van der Waals surface area contributed by atoms with E-state index < -0.39 is 4.92 Å². The Balaban J connectivity index is 1.67. The topological polar surface area (TPSA) is 83.2 Å². The molecule has 0 amide bonds. The molecule has 3 aromatic rings. The highest BCUT2D eigenvalue weighted by molar-refractivity contribution is 6.32. The van der Waals surface area contributed by atoms with Crippen molar-refractivity contribution in [3.63, 3.8) is 0 Å². The second-order valence-electron chi connectivity index (χ2n) is 6.97. The molecule has 0 saturated heterocycles. The van der Waals surface area contributed by atoms with Crippen molar-refractivity contribution in [2.75, 3.05) is 6.61 Å². The average molecular weight is 455 g/mol. The van der Waals surface area contributed by atoms with Crippen LogP contribution < -0.4 is 9.47 Å². The van der Waals surface area contributed by atoms with Gasteiger partial charge in [-0.1, -0.05) is 58.7 Å². The maximum Gasteiger partial charge on any atom is 0.269 e. The maximum atomic E-state index is 10.9. The highest BCUT2D eigenvalue weighted by atomic mass is 35.5. The van der Waals surface area contributed by atoms with E-state index in [1.54, 1.807) is 24.3 Å². The molecule has 166 valence electrons. The van der Waals surface area contributed by atoms with Gasteiger partial charge in [0.25, 0.3) is 5.69 Å². The molecular formula is C24H23ClN2O5. The summed E-state index contributed by atoms with van der Waals surface area (Å²) in [4.78, 5) is 15.7. The average Bonchev–Trinajstić information content (AvgIpc) is 2.78. The molecule has 0 fully saturated rings. The molecule has 32 heavy (non-hydrogen) atoms. The Morgan fingerprint density at radius 2 is 1.81 bits per heavy atom. The van der Waals surface area contributed by atoms with Crippen LogP contribution in [0.1, 0.15) is 29.2 Å². The summed E-state index contributed by atoms with van der Waals surface area (Å²) in [7, 11) is 0. The van der Waals surface area contributed by atoms with Crippen molar-refractivity contribution in [2.24, 2.45) is 5.16 Å². The van der Waals surface area contributed by atoms with E-state index in [2.05, 4.69) is 5.16 Å². The maximum absolute atomic E-state index is 10.9. The predicted molar refractivity (Wildman–Crippen MR) is 124 cm³/mol. The van der Waals surface area contributed by atoms with Crippen LogP contribution in [-0.4, -0.2) is 17.7 Å². The number of hydrogen-bond acceptors (Lipinski definition) is 6. The fourth-order valence-electron chi connectivity index (χ4n) is 2.88. The lowest BCUT2D eigenvalue weighted by Gasteiger charge is -2.14. The van der Waals surface area contributed by atoms with Crippen molar-refractivity contribution < 1.29 is 19.2 Å². The van der Waals surface area contributed by atoms with Gasteiger partial charge in [-0.2, -0.15) is 0 Å². The Morgan fingerprint density at radius 3 is 2.53 bits per heavy atom. The number of nitro groups is 1. The standard InChI is InChI=1S/C24H23ClN2O5/c1-3-30-23-13-20(14-26-32-16-19-5-4-6-21(11-19)27(28)29)12-22(25)24(23)31-15-18-9-7-17(2)8-10-18/h4-14H,3,15-16H2,1-2H3/b26-14-. The molecule has 3 rings (SSSR count). The number of rotatable bonds is 10. The van der Waals surface area contributed by atoms with Crippen LogP contribution in [0.3, 0.4) is 0 Å². The van der Waals surface area contributed by atoms with Crippen molar-refractivity contribution >= 4 is 23.5 Å². The summed E-state index contributed by atoms with van der Waals surface area (Å²) in [6.07, 6.45) is 1.50. The molecule has 0 aromatic heterocycles. The van der Waals surface area contributed by atoms with Crippen LogP contribution in [0, 0.1) is 17.0 Å². The van der Waals surface area contributed by atoms with Crippen LogP contribution in [-0.2, 0) is 18.1 Å². The molecule has 3 aromatic carbocycles. The number of benzene rings is 3. The van der Waals surface area contributed by atoms with E-state index in [0.29, 0.717) is 40.9 Å². The zero-order valence-corrected chi connectivity index (χ0v) is 18.5. The molecule has 0 bridgehead atoms. The lowest BCUT2D eigenvalue weighted by Crippen LogP contribution is -2.01. The number of nitrogens with zero attached hydrogens (tertiary/aromatic N) is 2. The number of ether oxygens (including phenoxy) is 2. The molecule has 0 aliphatic carbocycles. The first-order valence-corrected chi connectivity index (χ1v) is 10.4. The third-order valence-electron chi connectivity index (χ3n) is 4.46. The molecular weight excluding hydrogens is 432 g/mol. The molecule has 0 aliphatic rings. The van der Waals surface area contributed by atoms with E-state index in [-0.39, 0.29) is 12.3 Å². The normalized spacial score (nSPS) is 10.8. The van der Waals surface area contributed by atoms with Crippen LogP contribution in [0.2, 0.25) is 5.02 Å². The van der Waals surface area contributed by atoms with Gasteiger partial charge in [-0.05, 0) is 37.1 Å². The minimum atomic E-state index is -0.452. The Labute approximate surface area is 191 Å². The number of nitro benzene ring substituents is 1. The summed E-state index contributed by atoms with van der Waals surface area (Å²) < 4.78 is 11.6. The minimum absolute atomic E-state index is 0.00411. The second kappa shape index (κ2) is 11.2. The monoisotopic (exact) mass is 454 g/mol. The molecule has 8 heteroatoms. The van der Waals surface area contributed by atoms with Crippen molar-refractivity contribution in [1.82, 2.24) is 0 Å². The fourth-order valence-corrected chi connectivity index (χ4v) is 3.15. The lowest BCUT2D eigenvalue weighted by atomic mass is 10.1. The third kappa shape index (κ3) is 6.46. The van der Waals surface area contributed by atoms with Crippen molar-refractivity contribution in [2.45, 2.75) is 27.1 Å². The summed E-state index contributed by atoms with van der Waals surface area (Å²) in [6, 6.07) is 17.7. The Morgan fingerprint density at radius 1 is 1.03 bits per heavy atom. The van der Waals surface area contributed by atoms with E-state index in [0.717, 1.165) is 5.56 Å². The number of oxime groups is 1. The zero-order valence-electron chi connectivity index (χ0n) is 17.8. The van der Waals surface area contributed by atoms with E-state index in [9.17, 15) is 10.1 Å². The summed E-state index contributed by atoms with van der Waals surface area (Å²) in [5.41, 5.74) is 3.52. The van der Waals surface area contributed by atoms with E-state index in [4.69, 9.17) is 25.9 Å². The quantitative estimate of drug-likeness (QED) is 0.210. The number of aryl methyl sites for hydroxylation is 1. The zero-order chi connectivity index (χ0) is 22.9. The predicted octanol–water partition coefficient (Wildman–Crippen LogP) is 6.09. The van der Waals surface area contributed by atoms with E-state index in [1.165, 1.54) is 23.9 Å². The number of non-ortho nitro benzene ring substituents is 1. The van der Waals surface area contributed by atoms with Gasteiger partial charge in [-0.25, -0.2) is 0 Å². The Kier molecular flexibility index (Phi) is 8.05. The van der Waals surface area contributed by atoms with Gasteiger partial charge in [0.15, 0.2) is 11.5 Å². The van der Waals surface area contributed by atoms with Crippen molar-refractivity contribution in [1.29, 1.82) is 0 Å². The van der Waals surface area contributed by atoms with Crippen molar-refractivity contribution in [3.8, 4) is 11.5 Å². The fraction of sp³-hybridized carbons (Fsp3) is 0.208. The first-order chi connectivity index (χ1) is 15.5. The molecule has 0 heterocycles. The first kappa shape index (κ1) is 23.1. The lowest BCUT2D eigenvalue weighted by molar-refractivity contribution is -0.384. The smallest absolute Gasteiger partial charge is 0.269 e. The van der Waals surface area contributed by atoms with Gasteiger partial charge in [0.2, 0.25) is 0 Å².